The van der Waals surface area contributed by atoms with E-state index in [4.69, 9.17) is 37.9 Å². The number of hydrogen-bond donors (Lipinski definition) is 1. The molecule has 1 N–H and O–H groups in total. The van der Waals surface area contributed by atoms with Crippen molar-refractivity contribution in [2.75, 3.05) is 30.4 Å². The van der Waals surface area contributed by atoms with E-state index in [0.29, 0.717) is 46.4 Å². The lowest BCUT2D eigenvalue weighted by molar-refractivity contribution is 0.0836. The van der Waals surface area contributed by atoms with E-state index in [1.807, 2.05) is 28.5 Å². The van der Waals surface area contributed by atoms with Gasteiger partial charge in [-0.15, -0.1) is 0 Å². The Balaban J connectivity index is 1.45. The SMILES string of the molecule is CCN1C(=O)c2c(nc(NC3CCCCC3)n2Cc2cc(Cl)c(OC)c(Cl)c2)N2CC3(CCCC3)N=C12. The zero-order chi connectivity index (χ0) is 25.7. The lowest BCUT2D eigenvalue weighted by Crippen LogP contribution is -2.51. The van der Waals surface area contributed by atoms with Gasteiger partial charge in [-0.05, 0) is 50.3 Å². The molecule has 8 nitrogen and oxygen atoms in total. The van der Waals surface area contributed by atoms with Crippen molar-refractivity contribution in [1.82, 2.24) is 14.5 Å². The number of nitrogens with zero attached hydrogens (tertiary/aromatic N) is 5. The van der Waals surface area contributed by atoms with Gasteiger partial charge in [0.1, 0.15) is 0 Å². The number of halogens is 2. The van der Waals surface area contributed by atoms with Crippen LogP contribution in [-0.4, -0.2) is 58.1 Å². The van der Waals surface area contributed by atoms with E-state index in [-0.39, 0.29) is 11.4 Å². The number of amides is 1. The summed E-state index contributed by atoms with van der Waals surface area (Å²) in [4.78, 5) is 28.2. The summed E-state index contributed by atoms with van der Waals surface area (Å²) >= 11 is 13.0. The van der Waals surface area contributed by atoms with Crippen molar-refractivity contribution in [2.45, 2.75) is 82.8 Å². The van der Waals surface area contributed by atoms with Gasteiger partial charge >= 0.3 is 0 Å². The lowest BCUT2D eigenvalue weighted by Gasteiger charge is -2.33. The first-order chi connectivity index (χ1) is 17.9. The second kappa shape index (κ2) is 9.70. The molecule has 2 fully saturated rings. The van der Waals surface area contributed by atoms with Crippen LogP contribution < -0.4 is 15.0 Å². The van der Waals surface area contributed by atoms with E-state index in [0.717, 1.165) is 49.7 Å². The highest BCUT2D eigenvalue weighted by molar-refractivity contribution is 6.37. The van der Waals surface area contributed by atoms with Gasteiger partial charge in [0, 0.05) is 12.6 Å². The van der Waals surface area contributed by atoms with Crippen molar-refractivity contribution in [2.24, 2.45) is 4.99 Å². The topological polar surface area (TPSA) is 75.0 Å². The standard InChI is InChI=1S/C27H34Cl2N6O2/c1-3-33-24(36)21-23(35-16-27(32-26(33)35)11-7-8-12-27)31-25(30-18-9-5-4-6-10-18)34(21)15-17-13-19(28)22(37-2)20(29)14-17/h13-14,18H,3-12,15-16H2,1-2H3,(H,30,31). The molecule has 0 unspecified atom stereocenters. The lowest BCUT2D eigenvalue weighted by atomic mass is 9.96. The molecular weight excluding hydrogens is 511 g/mol. The summed E-state index contributed by atoms with van der Waals surface area (Å²) < 4.78 is 7.36. The Bertz CT molecular complexity index is 1220. The van der Waals surface area contributed by atoms with Crippen LogP contribution in [0.4, 0.5) is 11.8 Å². The van der Waals surface area contributed by atoms with Crippen LogP contribution in [0.25, 0.3) is 0 Å². The number of ether oxygens (including phenoxy) is 1. The first kappa shape index (κ1) is 24.9. The highest BCUT2D eigenvalue weighted by atomic mass is 35.5. The molecule has 2 saturated carbocycles. The second-order valence-electron chi connectivity index (χ2n) is 10.7. The van der Waals surface area contributed by atoms with Crippen molar-refractivity contribution < 1.29 is 9.53 Å². The number of hydrogen-bond acceptors (Lipinski definition) is 6. The van der Waals surface area contributed by atoms with Gasteiger partial charge in [0.05, 0.1) is 35.8 Å². The maximum absolute atomic E-state index is 14.0. The van der Waals surface area contributed by atoms with E-state index >= 15 is 0 Å². The predicted molar refractivity (Wildman–Crippen MR) is 148 cm³/mol. The van der Waals surface area contributed by atoms with Gasteiger partial charge in [0.2, 0.25) is 11.9 Å². The molecule has 4 aliphatic rings. The van der Waals surface area contributed by atoms with Crippen LogP contribution in [0.5, 0.6) is 5.75 Å². The molecule has 0 saturated heterocycles. The summed E-state index contributed by atoms with van der Waals surface area (Å²) in [7, 11) is 1.55. The number of imidazole rings is 1. The van der Waals surface area contributed by atoms with Gasteiger partial charge in [-0.3, -0.25) is 19.2 Å². The zero-order valence-electron chi connectivity index (χ0n) is 21.5. The number of benzene rings is 1. The quantitative estimate of drug-likeness (QED) is 0.485. The fourth-order valence-corrected chi connectivity index (χ4v) is 7.16. The van der Waals surface area contributed by atoms with Crippen LogP contribution in [0.1, 0.15) is 80.8 Å². The maximum atomic E-state index is 14.0. The highest BCUT2D eigenvalue weighted by Crippen LogP contribution is 2.43. The van der Waals surface area contributed by atoms with Crippen molar-refractivity contribution >= 4 is 46.8 Å². The number of anilines is 2. The number of nitrogens with one attached hydrogen (secondary N) is 1. The zero-order valence-corrected chi connectivity index (χ0v) is 23.0. The van der Waals surface area contributed by atoms with Gasteiger partial charge in [-0.25, -0.2) is 4.99 Å². The normalized spacial score (nSPS) is 20.9. The van der Waals surface area contributed by atoms with Crippen LogP contribution >= 0.6 is 23.2 Å². The van der Waals surface area contributed by atoms with Crippen LogP contribution in [-0.2, 0) is 6.54 Å². The largest absolute Gasteiger partial charge is 0.494 e. The molecule has 3 heterocycles. The van der Waals surface area contributed by atoms with Crippen molar-refractivity contribution in [3.8, 4) is 5.75 Å². The molecular formula is C27H34Cl2N6O2. The number of aromatic nitrogens is 2. The first-order valence-electron chi connectivity index (χ1n) is 13.5. The fourth-order valence-electron chi connectivity index (χ4n) is 6.47. The Kier molecular flexibility index (Phi) is 6.51. The Morgan fingerprint density at radius 3 is 2.46 bits per heavy atom. The summed E-state index contributed by atoms with van der Waals surface area (Å²) in [5.41, 5.74) is 1.37. The molecule has 37 heavy (non-hydrogen) atoms. The second-order valence-corrected chi connectivity index (χ2v) is 11.6. The number of rotatable bonds is 6. The molecule has 2 aliphatic carbocycles. The molecule has 0 atom stereocenters. The highest BCUT2D eigenvalue weighted by Gasteiger charge is 2.49. The molecule has 198 valence electrons. The number of carbonyl (C=O) groups excluding carboxylic acids is 1. The van der Waals surface area contributed by atoms with Gasteiger partial charge in [0.25, 0.3) is 5.91 Å². The third kappa shape index (κ3) is 4.26. The summed E-state index contributed by atoms with van der Waals surface area (Å²) in [5, 5.41) is 4.58. The van der Waals surface area contributed by atoms with Crippen LogP contribution in [0, 0.1) is 0 Å². The molecule has 10 heteroatoms. The molecule has 1 aromatic heterocycles. The first-order valence-corrected chi connectivity index (χ1v) is 14.3. The minimum atomic E-state index is -0.109. The Morgan fingerprint density at radius 1 is 1.11 bits per heavy atom. The van der Waals surface area contributed by atoms with Crippen molar-refractivity contribution in [3.63, 3.8) is 0 Å². The minimum Gasteiger partial charge on any atom is -0.494 e. The van der Waals surface area contributed by atoms with Crippen molar-refractivity contribution in [1.29, 1.82) is 0 Å². The van der Waals surface area contributed by atoms with Crippen LogP contribution in [0.15, 0.2) is 17.1 Å². The summed E-state index contributed by atoms with van der Waals surface area (Å²) in [6.07, 6.45) is 10.4. The van der Waals surface area contributed by atoms with E-state index < -0.39 is 0 Å². The summed E-state index contributed by atoms with van der Waals surface area (Å²) in [6.45, 7) is 3.75. The number of aliphatic imine (C=N–C) groups is 1. The van der Waals surface area contributed by atoms with Gasteiger partial charge in [-0.2, -0.15) is 4.98 Å². The van der Waals surface area contributed by atoms with E-state index in [1.54, 1.807) is 7.11 Å². The third-order valence-corrected chi connectivity index (χ3v) is 8.88. The summed E-state index contributed by atoms with van der Waals surface area (Å²) in [5.74, 6) is 2.58. The number of methoxy groups -OCH3 is 1. The number of fused-ring (bicyclic) bond motifs is 3. The molecule has 1 aromatic carbocycles. The minimum absolute atomic E-state index is 0.0579. The predicted octanol–water partition coefficient (Wildman–Crippen LogP) is 5.96. The molecule has 2 aromatic rings. The molecule has 1 spiro atoms. The Labute approximate surface area is 228 Å². The van der Waals surface area contributed by atoms with Gasteiger partial charge in [-0.1, -0.05) is 55.3 Å². The smallest absolute Gasteiger partial charge is 0.281 e. The molecule has 0 bridgehead atoms. The van der Waals surface area contributed by atoms with E-state index in [2.05, 4.69) is 10.2 Å². The fraction of sp³-hybridized carbons (Fsp3) is 0.593. The molecule has 6 rings (SSSR count). The van der Waals surface area contributed by atoms with Crippen LogP contribution in [0.2, 0.25) is 10.0 Å². The van der Waals surface area contributed by atoms with Gasteiger partial charge < -0.3 is 10.1 Å². The van der Waals surface area contributed by atoms with Crippen LogP contribution in [0.3, 0.4) is 0 Å². The summed E-state index contributed by atoms with van der Waals surface area (Å²) in [6, 6.07) is 4.04. The Hall–Kier alpha value is -2.45. The maximum Gasteiger partial charge on any atom is 0.281 e. The van der Waals surface area contributed by atoms with Crippen molar-refractivity contribution in [3.05, 3.63) is 33.4 Å². The van der Waals surface area contributed by atoms with Gasteiger partial charge in [0.15, 0.2) is 17.3 Å². The molecule has 1 amide bonds. The number of guanidine groups is 1. The Morgan fingerprint density at radius 2 is 1.81 bits per heavy atom. The molecule has 0 radical (unpaired) electrons. The molecule has 2 aliphatic heterocycles. The van der Waals surface area contributed by atoms with E-state index in [9.17, 15) is 4.79 Å². The monoisotopic (exact) mass is 544 g/mol. The van der Waals surface area contributed by atoms with E-state index in [1.165, 1.54) is 32.1 Å². The number of carbonyl (C=O) groups is 1. The average Bonchev–Trinajstić information content (AvgIpc) is 3.58. The average molecular weight is 546 g/mol. The third-order valence-electron chi connectivity index (χ3n) is 8.32.